The van der Waals surface area contributed by atoms with Crippen LogP contribution in [0.2, 0.25) is 0 Å². The van der Waals surface area contributed by atoms with Crippen molar-refractivity contribution in [3.63, 3.8) is 0 Å². The monoisotopic (exact) mass is 374 g/mol. The van der Waals surface area contributed by atoms with E-state index in [1.165, 1.54) is 10.9 Å². The molecule has 0 saturated heterocycles. The van der Waals surface area contributed by atoms with E-state index in [0.717, 1.165) is 28.4 Å². The molecule has 2 aromatic carbocycles. The molecular weight excluding hydrogens is 352 g/mol. The van der Waals surface area contributed by atoms with Gasteiger partial charge in [-0.05, 0) is 36.1 Å². The van der Waals surface area contributed by atoms with Crippen LogP contribution in [0.1, 0.15) is 24.0 Å². The van der Waals surface area contributed by atoms with Gasteiger partial charge in [0.15, 0.2) is 0 Å². The molecule has 0 saturated carbocycles. The fourth-order valence-corrected chi connectivity index (χ4v) is 3.47. The van der Waals surface area contributed by atoms with Crippen LogP contribution in [-0.4, -0.2) is 21.8 Å². The summed E-state index contributed by atoms with van der Waals surface area (Å²) in [4.78, 5) is 30.5. The van der Waals surface area contributed by atoms with Crippen molar-refractivity contribution in [3.8, 4) is 0 Å². The van der Waals surface area contributed by atoms with Gasteiger partial charge in [-0.2, -0.15) is 0 Å². The summed E-state index contributed by atoms with van der Waals surface area (Å²) in [7, 11) is 0. The lowest BCUT2D eigenvalue weighted by Gasteiger charge is -2.07. The molecule has 0 unspecified atom stereocenters. The van der Waals surface area contributed by atoms with Gasteiger partial charge in [0.25, 0.3) is 0 Å². The minimum atomic E-state index is -0.241. The van der Waals surface area contributed by atoms with Gasteiger partial charge in [0, 0.05) is 40.6 Å². The molecule has 4 rings (SSSR count). The number of benzene rings is 2. The number of hydrogen-bond acceptors (Lipinski definition) is 2. The first kappa shape index (κ1) is 17.9. The summed E-state index contributed by atoms with van der Waals surface area (Å²) in [6.45, 7) is 0. The zero-order valence-electron chi connectivity index (χ0n) is 15.4. The minimum Gasteiger partial charge on any atom is -0.361 e. The summed E-state index contributed by atoms with van der Waals surface area (Å²) >= 11 is 0. The number of carbonyl (C=O) groups excluding carboxylic acids is 2. The van der Waals surface area contributed by atoms with Crippen molar-refractivity contribution < 1.29 is 9.59 Å². The number of rotatable bonds is 6. The van der Waals surface area contributed by atoms with E-state index < -0.39 is 0 Å². The lowest BCUT2D eigenvalue weighted by molar-refractivity contribution is -0.128. The maximum Gasteiger partial charge on any atom is 0.242 e. The van der Waals surface area contributed by atoms with Crippen LogP contribution in [0.25, 0.3) is 21.8 Å². The quantitative estimate of drug-likeness (QED) is 0.390. The van der Waals surface area contributed by atoms with Crippen molar-refractivity contribution in [2.24, 2.45) is 0 Å². The van der Waals surface area contributed by atoms with Crippen molar-refractivity contribution in [1.82, 2.24) is 20.8 Å². The highest BCUT2D eigenvalue weighted by atomic mass is 16.2. The predicted molar refractivity (Wildman–Crippen MR) is 110 cm³/mol. The molecule has 6 nitrogen and oxygen atoms in total. The Morgan fingerprint density at radius 2 is 1.32 bits per heavy atom. The van der Waals surface area contributed by atoms with Crippen LogP contribution in [0.15, 0.2) is 60.9 Å². The molecular formula is C22H22N4O2. The Morgan fingerprint density at radius 1 is 0.750 bits per heavy atom. The largest absolute Gasteiger partial charge is 0.361 e. The van der Waals surface area contributed by atoms with Crippen molar-refractivity contribution in [3.05, 3.63) is 72.1 Å². The number of aromatic nitrogens is 2. The number of nitrogens with one attached hydrogen (secondary N) is 4. The van der Waals surface area contributed by atoms with Crippen LogP contribution in [0.3, 0.4) is 0 Å². The molecule has 0 atom stereocenters. The topological polar surface area (TPSA) is 89.8 Å². The number of carbonyl (C=O) groups is 2. The third kappa shape index (κ3) is 3.91. The van der Waals surface area contributed by atoms with Crippen LogP contribution in [0.4, 0.5) is 0 Å². The van der Waals surface area contributed by atoms with E-state index in [1.807, 2.05) is 54.9 Å². The number of amides is 2. The predicted octanol–water partition coefficient (Wildman–Crippen LogP) is 3.36. The average molecular weight is 374 g/mol. The first-order valence-electron chi connectivity index (χ1n) is 9.38. The highest BCUT2D eigenvalue weighted by Crippen LogP contribution is 2.19. The van der Waals surface area contributed by atoms with Crippen molar-refractivity contribution in [2.75, 3.05) is 0 Å². The van der Waals surface area contributed by atoms with E-state index in [1.54, 1.807) is 0 Å². The highest BCUT2D eigenvalue weighted by molar-refractivity contribution is 5.89. The Hall–Kier alpha value is -3.54. The lowest BCUT2D eigenvalue weighted by Crippen LogP contribution is -2.42. The van der Waals surface area contributed by atoms with Gasteiger partial charge in [-0.25, -0.2) is 0 Å². The van der Waals surface area contributed by atoms with Crippen molar-refractivity contribution in [2.45, 2.75) is 25.7 Å². The Morgan fingerprint density at radius 3 is 2.04 bits per heavy atom. The molecule has 2 heterocycles. The number of fused-ring (bicyclic) bond motifs is 2. The van der Waals surface area contributed by atoms with Crippen LogP contribution in [0, 0.1) is 0 Å². The van der Waals surface area contributed by atoms with Gasteiger partial charge in [0.2, 0.25) is 11.8 Å². The second-order valence-corrected chi connectivity index (χ2v) is 6.85. The molecule has 4 N–H and O–H groups in total. The van der Waals surface area contributed by atoms with Gasteiger partial charge in [0.1, 0.15) is 0 Å². The number of aromatic amines is 2. The Labute approximate surface area is 162 Å². The summed E-state index contributed by atoms with van der Waals surface area (Å²) < 4.78 is 0. The van der Waals surface area contributed by atoms with Gasteiger partial charge >= 0.3 is 0 Å². The summed E-state index contributed by atoms with van der Waals surface area (Å²) in [6, 6.07) is 15.9. The first-order chi connectivity index (χ1) is 13.7. The normalized spacial score (nSPS) is 11.0. The average Bonchev–Trinajstić information content (AvgIpc) is 3.31. The number of hydrogen-bond donors (Lipinski definition) is 4. The van der Waals surface area contributed by atoms with E-state index in [2.05, 4.69) is 26.9 Å². The summed E-state index contributed by atoms with van der Waals surface area (Å²) in [5.41, 5.74) is 9.20. The SMILES string of the molecule is O=C(CCCc1c[nH]c2ccccc12)NNC(=O)Cc1c[nH]c2ccccc12. The van der Waals surface area contributed by atoms with Gasteiger partial charge in [-0.1, -0.05) is 36.4 Å². The van der Waals surface area contributed by atoms with Crippen LogP contribution < -0.4 is 10.9 Å². The maximum atomic E-state index is 12.1. The Bertz CT molecular complexity index is 1130. The number of H-pyrrole nitrogens is 2. The van der Waals surface area contributed by atoms with E-state index in [0.29, 0.717) is 12.8 Å². The lowest BCUT2D eigenvalue weighted by atomic mass is 10.1. The molecule has 2 aromatic heterocycles. The molecule has 0 aliphatic rings. The number of para-hydroxylation sites is 2. The van der Waals surface area contributed by atoms with E-state index in [9.17, 15) is 9.59 Å². The molecule has 0 spiro atoms. The molecule has 0 fully saturated rings. The van der Waals surface area contributed by atoms with Crippen LogP contribution in [-0.2, 0) is 22.4 Å². The Kier molecular flexibility index (Phi) is 5.10. The highest BCUT2D eigenvalue weighted by Gasteiger charge is 2.10. The minimum absolute atomic E-state index is 0.188. The zero-order chi connectivity index (χ0) is 19.3. The molecule has 6 heteroatoms. The number of aryl methyl sites for hydroxylation is 1. The first-order valence-corrected chi connectivity index (χ1v) is 9.38. The van der Waals surface area contributed by atoms with Gasteiger partial charge in [0.05, 0.1) is 6.42 Å². The third-order valence-electron chi connectivity index (χ3n) is 4.89. The molecule has 0 aliphatic carbocycles. The summed E-state index contributed by atoms with van der Waals surface area (Å²) in [5, 5.41) is 2.21. The van der Waals surface area contributed by atoms with Gasteiger partial charge < -0.3 is 9.97 Å². The maximum absolute atomic E-state index is 12.1. The molecule has 28 heavy (non-hydrogen) atoms. The molecule has 0 bridgehead atoms. The summed E-state index contributed by atoms with van der Waals surface area (Å²) in [6.07, 6.45) is 5.90. The van der Waals surface area contributed by atoms with Crippen molar-refractivity contribution in [1.29, 1.82) is 0 Å². The standard InChI is InChI=1S/C22H22N4O2/c27-21(11-5-6-15-13-23-19-9-3-1-7-17(15)19)25-26-22(28)12-16-14-24-20-10-4-2-8-18(16)20/h1-4,7-10,13-14,23-24H,5-6,11-12H2,(H,25,27)(H,26,28). The second kappa shape index (κ2) is 8.00. The van der Waals surface area contributed by atoms with E-state index >= 15 is 0 Å². The zero-order valence-corrected chi connectivity index (χ0v) is 15.4. The smallest absolute Gasteiger partial charge is 0.242 e. The molecule has 0 aliphatic heterocycles. The molecule has 0 radical (unpaired) electrons. The molecule has 4 aromatic rings. The second-order valence-electron chi connectivity index (χ2n) is 6.85. The fraction of sp³-hybridized carbons (Fsp3) is 0.182. The van der Waals surface area contributed by atoms with E-state index in [-0.39, 0.29) is 18.2 Å². The molecule has 2 amide bonds. The fourth-order valence-electron chi connectivity index (χ4n) is 3.47. The Balaban J connectivity index is 1.22. The van der Waals surface area contributed by atoms with Crippen LogP contribution in [0.5, 0.6) is 0 Å². The van der Waals surface area contributed by atoms with Gasteiger partial charge in [-0.3, -0.25) is 20.4 Å². The molecule has 142 valence electrons. The van der Waals surface area contributed by atoms with E-state index in [4.69, 9.17) is 0 Å². The van der Waals surface area contributed by atoms with Gasteiger partial charge in [-0.15, -0.1) is 0 Å². The van der Waals surface area contributed by atoms with Crippen LogP contribution >= 0.6 is 0 Å². The third-order valence-corrected chi connectivity index (χ3v) is 4.89. The van der Waals surface area contributed by atoms with Crippen molar-refractivity contribution >= 4 is 33.6 Å². The summed E-state index contributed by atoms with van der Waals surface area (Å²) in [5.74, 6) is -0.429. The number of hydrazine groups is 1.